The van der Waals surface area contributed by atoms with E-state index in [2.05, 4.69) is 22.9 Å². The summed E-state index contributed by atoms with van der Waals surface area (Å²) in [6.07, 6.45) is 8.76. The van der Waals surface area contributed by atoms with E-state index in [9.17, 15) is 4.79 Å². The van der Waals surface area contributed by atoms with Gasteiger partial charge in [0, 0.05) is 24.3 Å². The molecule has 102 valence electrons. The summed E-state index contributed by atoms with van der Waals surface area (Å²) in [5, 5.41) is 0. The normalized spacial score (nSPS) is 45.3. The van der Waals surface area contributed by atoms with Crippen LogP contribution >= 0.6 is 15.9 Å². The Kier molecular flexibility index (Phi) is 3.04. The molecule has 0 spiro atoms. The lowest BCUT2D eigenvalue weighted by molar-refractivity contribution is -0.136. The lowest BCUT2D eigenvalue weighted by Crippen LogP contribution is -2.54. The van der Waals surface area contributed by atoms with Gasteiger partial charge in [-0.3, -0.25) is 4.79 Å². The fourth-order valence-corrected chi connectivity index (χ4v) is 6.69. The van der Waals surface area contributed by atoms with Crippen molar-refractivity contribution in [2.24, 2.45) is 17.3 Å². The van der Waals surface area contributed by atoms with Crippen LogP contribution in [0.25, 0.3) is 0 Å². The number of amides is 1. The molecule has 4 aliphatic rings. The second kappa shape index (κ2) is 4.22. The molecule has 4 rings (SSSR count). The van der Waals surface area contributed by atoms with Gasteiger partial charge in [0.25, 0.3) is 0 Å². The van der Waals surface area contributed by atoms with Crippen LogP contribution in [0.2, 0.25) is 0 Å². The Labute approximate surface area is 119 Å². The molecule has 1 amide bonds. The van der Waals surface area contributed by atoms with Crippen molar-refractivity contribution in [3.05, 3.63) is 0 Å². The number of carbonyl (C=O) groups excluding carboxylic acids is 1. The Balaban J connectivity index is 1.77. The zero-order valence-corrected chi connectivity index (χ0v) is 13.1. The Morgan fingerprint density at radius 2 is 1.89 bits per heavy atom. The number of alkyl halides is 1. The van der Waals surface area contributed by atoms with Gasteiger partial charge in [-0.15, -0.1) is 0 Å². The van der Waals surface area contributed by atoms with Crippen molar-refractivity contribution in [2.75, 3.05) is 13.6 Å². The van der Waals surface area contributed by atoms with Gasteiger partial charge in [0.1, 0.15) is 0 Å². The third kappa shape index (κ3) is 2.13. The fraction of sp³-hybridized carbons (Fsp3) is 0.933. The van der Waals surface area contributed by atoms with Gasteiger partial charge in [0.05, 0.1) is 0 Å². The molecule has 0 aromatic carbocycles. The first-order valence-corrected chi connectivity index (χ1v) is 8.16. The van der Waals surface area contributed by atoms with Crippen LogP contribution in [-0.2, 0) is 4.79 Å². The van der Waals surface area contributed by atoms with E-state index in [4.69, 9.17) is 0 Å². The highest BCUT2D eigenvalue weighted by atomic mass is 79.9. The Bertz CT molecular complexity index is 354. The average molecular weight is 314 g/mol. The van der Waals surface area contributed by atoms with E-state index in [1.54, 1.807) is 0 Å². The van der Waals surface area contributed by atoms with Crippen molar-refractivity contribution in [1.29, 1.82) is 0 Å². The smallest absolute Gasteiger partial charge is 0.222 e. The van der Waals surface area contributed by atoms with Gasteiger partial charge in [0.2, 0.25) is 5.91 Å². The molecule has 2 atom stereocenters. The van der Waals surface area contributed by atoms with E-state index < -0.39 is 0 Å². The second-order valence-electron chi connectivity index (χ2n) is 7.20. The molecule has 18 heavy (non-hydrogen) atoms. The quantitative estimate of drug-likeness (QED) is 0.729. The summed E-state index contributed by atoms with van der Waals surface area (Å²) < 4.78 is 0.377. The Morgan fingerprint density at radius 1 is 1.28 bits per heavy atom. The zero-order valence-electron chi connectivity index (χ0n) is 11.5. The van der Waals surface area contributed by atoms with Crippen LogP contribution in [0.5, 0.6) is 0 Å². The highest BCUT2D eigenvalue weighted by Gasteiger charge is 2.57. The number of rotatable bonds is 3. The summed E-state index contributed by atoms with van der Waals surface area (Å²) in [7, 11) is 1.94. The minimum absolute atomic E-state index is 0.327. The predicted octanol–water partition coefficient (Wildman–Crippen LogP) is 3.59. The summed E-state index contributed by atoms with van der Waals surface area (Å²) in [5.74, 6) is 2.12. The number of carbonyl (C=O) groups is 1. The lowest BCUT2D eigenvalue weighted by Gasteiger charge is -2.60. The molecule has 4 bridgehead atoms. The maximum atomic E-state index is 12.3. The molecule has 0 heterocycles. The zero-order chi connectivity index (χ0) is 13.0. The first-order valence-electron chi connectivity index (χ1n) is 7.37. The first-order chi connectivity index (χ1) is 8.44. The summed E-state index contributed by atoms with van der Waals surface area (Å²) in [6, 6.07) is 0. The van der Waals surface area contributed by atoms with Gasteiger partial charge in [-0.2, -0.15) is 0 Å². The molecule has 0 aromatic heterocycles. The minimum atomic E-state index is 0.327. The van der Waals surface area contributed by atoms with E-state index in [-0.39, 0.29) is 0 Å². The molecule has 2 nitrogen and oxygen atoms in total. The summed E-state index contributed by atoms with van der Waals surface area (Å²) in [6.45, 7) is 2.89. The number of halogens is 1. The van der Waals surface area contributed by atoms with Crippen LogP contribution in [0.3, 0.4) is 0 Å². The maximum Gasteiger partial charge on any atom is 0.222 e. The van der Waals surface area contributed by atoms with Crippen LogP contribution in [0.4, 0.5) is 0 Å². The molecular formula is C15H24BrNO. The van der Waals surface area contributed by atoms with Gasteiger partial charge in [0.15, 0.2) is 0 Å². The van der Waals surface area contributed by atoms with Gasteiger partial charge >= 0.3 is 0 Å². The van der Waals surface area contributed by atoms with Gasteiger partial charge in [-0.05, 0) is 62.7 Å². The molecule has 0 radical (unpaired) electrons. The molecular weight excluding hydrogens is 290 g/mol. The lowest BCUT2D eigenvalue weighted by atomic mass is 9.48. The molecule has 4 fully saturated rings. The van der Waals surface area contributed by atoms with E-state index in [0.29, 0.717) is 15.6 Å². The van der Waals surface area contributed by atoms with Crippen LogP contribution in [0.15, 0.2) is 0 Å². The SMILES string of the molecule is CCN(C)C(=O)CC12CC3CC(CC(Br)(C3)C1)C2. The Hall–Kier alpha value is -0.0500. The number of hydrogen-bond donors (Lipinski definition) is 0. The van der Waals surface area contributed by atoms with Crippen molar-refractivity contribution < 1.29 is 4.79 Å². The molecule has 2 unspecified atom stereocenters. The standard InChI is InChI=1S/C15H24BrNO/c1-3-17(2)13(18)9-14-5-11-4-12(6-14)8-15(16,7-11)10-14/h11-12H,3-10H2,1-2H3. The predicted molar refractivity (Wildman–Crippen MR) is 76.7 cm³/mol. The highest BCUT2D eigenvalue weighted by Crippen LogP contribution is 2.65. The van der Waals surface area contributed by atoms with Crippen molar-refractivity contribution >= 4 is 21.8 Å². The van der Waals surface area contributed by atoms with Gasteiger partial charge in [-0.25, -0.2) is 0 Å². The third-order valence-corrected chi connectivity index (χ3v) is 6.47. The van der Waals surface area contributed by atoms with E-state index in [0.717, 1.165) is 24.8 Å². The minimum Gasteiger partial charge on any atom is -0.346 e. The number of hydrogen-bond acceptors (Lipinski definition) is 1. The van der Waals surface area contributed by atoms with Gasteiger partial charge < -0.3 is 4.90 Å². The molecule has 4 saturated carbocycles. The first kappa shape index (κ1) is 13.0. The summed E-state index contributed by atoms with van der Waals surface area (Å²) >= 11 is 4.01. The molecule has 3 heteroatoms. The monoisotopic (exact) mass is 313 g/mol. The van der Waals surface area contributed by atoms with Crippen molar-refractivity contribution in [3.8, 4) is 0 Å². The maximum absolute atomic E-state index is 12.3. The third-order valence-electron chi connectivity index (χ3n) is 5.54. The molecule has 0 N–H and O–H groups in total. The van der Waals surface area contributed by atoms with Crippen LogP contribution in [-0.4, -0.2) is 28.7 Å². The summed E-state index contributed by atoms with van der Waals surface area (Å²) in [5.41, 5.74) is 0.327. The van der Waals surface area contributed by atoms with E-state index in [1.807, 2.05) is 11.9 Å². The molecule has 0 aliphatic heterocycles. The highest BCUT2D eigenvalue weighted by molar-refractivity contribution is 9.10. The molecule has 0 aromatic rings. The average Bonchev–Trinajstić information content (AvgIpc) is 2.23. The molecule has 0 saturated heterocycles. The Morgan fingerprint density at radius 3 is 2.39 bits per heavy atom. The van der Waals surface area contributed by atoms with Crippen LogP contribution in [0, 0.1) is 17.3 Å². The largest absolute Gasteiger partial charge is 0.346 e. The van der Waals surface area contributed by atoms with Crippen molar-refractivity contribution in [1.82, 2.24) is 4.90 Å². The summed E-state index contributed by atoms with van der Waals surface area (Å²) in [4.78, 5) is 14.2. The van der Waals surface area contributed by atoms with Crippen molar-refractivity contribution in [3.63, 3.8) is 0 Å². The second-order valence-corrected chi connectivity index (χ2v) is 8.88. The van der Waals surface area contributed by atoms with Crippen molar-refractivity contribution in [2.45, 2.75) is 56.2 Å². The van der Waals surface area contributed by atoms with E-state index >= 15 is 0 Å². The van der Waals surface area contributed by atoms with Crippen LogP contribution in [0.1, 0.15) is 51.9 Å². The molecule has 4 aliphatic carbocycles. The topological polar surface area (TPSA) is 20.3 Å². The van der Waals surface area contributed by atoms with Crippen LogP contribution < -0.4 is 0 Å². The number of nitrogens with zero attached hydrogens (tertiary/aromatic N) is 1. The van der Waals surface area contributed by atoms with Gasteiger partial charge in [-0.1, -0.05) is 15.9 Å². The fourth-order valence-electron chi connectivity index (χ4n) is 5.17. The van der Waals surface area contributed by atoms with E-state index in [1.165, 1.54) is 38.5 Å².